The van der Waals surface area contributed by atoms with Gasteiger partial charge in [0.05, 0.1) is 18.6 Å². The number of hydrogen-bond donors (Lipinski definition) is 1. The second-order valence-corrected chi connectivity index (χ2v) is 9.43. The van der Waals surface area contributed by atoms with Crippen LogP contribution in [0.4, 0.5) is 4.79 Å². The van der Waals surface area contributed by atoms with Crippen LogP contribution in [-0.2, 0) is 23.8 Å². The highest BCUT2D eigenvalue weighted by molar-refractivity contribution is 5.87. The quantitative estimate of drug-likeness (QED) is 0.497. The average Bonchev–Trinajstić information content (AvgIpc) is 2.71. The van der Waals surface area contributed by atoms with E-state index >= 15 is 0 Å². The summed E-state index contributed by atoms with van der Waals surface area (Å²) in [5.41, 5.74) is -3.07. The number of carbonyl (C=O) groups is 3. The van der Waals surface area contributed by atoms with Crippen LogP contribution in [0.3, 0.4) is 0 Å². The van der Waals surface area contributed by atoms with Crippen molar-refractivity contribution < 1.29 is 33.7 Å². The number of aliphatic hydroxyl groups is 1. The van der Waals surface area contributed by atoms with E-state index in [9.17, 15) is 19.5 Å². The summed E-state index contributed by atoms with van der Waals surface area (Å²) in [5.74, 6) is -0.878. The van der Waals surface area contributed by atoms with Crippen molar-refractivity contribution in [3.05, 3.63) is 0 Å². The molecule has 0 unspecified atom stereocenters. The molecule has 0 radical (unpaired) electrons. The predicted molar refractivity (Wildman–Crippen MR) is 113 cm³/mol. The molecule has 31 heavy (non-hydrogen) atoms. The van der Waals surface area contributed by atoms with Crippen LogP contribution in [0.25, 0.3) is 0 Å². The Kier molecular flexibility index (Phi) is 8.33. The fourth-order valence-electron chi connectivity index (χ4n) is 4.23. The molecule has 178 valence electrons. The van der Waals surface area contributed by atoms with Gasteiger partial charge in [0.2, 0.25) is 5.91 Å². The van der Waals surface area contributed by atoms with Gasteiger partial charge in [0, 0.05) is 19.8 Å². The van der Waals surface area contributed by atoms with Crippen LogP contribution in [0.1, 0.15) is 66.7 Å². The Morgan fingerprint density at radius 3 is 2.32 bits per heavy atom. The number of amides is 2. The smallest absolute Gasteiger partial charge is 0.410 e. The molecule has 2 saturated heterocycles. The lowest BCUT2D eigenvalue weighted by molar-refractivity contribution is -0.191. The molecule has 2 fully saturated rings. The molecule has 1 N–H and O–H groups in total. The first kappa shape index (κ1) is 25.4. The number of esters is 1. The van der Waals surface area contributed by atoms with Gasteiger partial charge < -0.3 is 29.1 Å². The van der Waals surface area contributed by atoms with Gasteiger partial charge in [0.25, 0.3) is 0 Å². The Morgan fingerprint density at radius 2 is 1.77 bits per heavy atom. The van der Waals surface area contributed by atoms with Gasteiger partial charge >= 0.3 is 12.1 Å². The van der Waals surface area contributed by atoms with E-state index in [1.165, 1.54) is 9.80 Å². The third-order valence-electron chi connectivity index (χ3n) is 6.02. The van der Waals surface area contributed by atoms with Crippen molar-refractivity contribution >= 4 is 18.0 Å². The Labute approximate surface area is 185 Å². The van der Waals surface area contributed by atoms with Gasteiger partial charge in [-0.25, -0.2) is 4.79 Å². The molecule has 2 rings (SSSR count). The number of β-amino-alcohol motifs (C(OH)–C–C–N with tert-alkyl or cyclic N) is 1. The highest BCUT2D eigenvalue weighted by Crippen LogP contribution is 2.39. The Bertz CT molecular complexity index is 655. The van der Waals surface area contributed by atoms with E-state index in [1.54, 1.807) is 27.7 Å². The van der Waals surface area contributed by atoms with E-state index in [0.717, 1.165) is 0 Å². The second-order valence-electron chi connectivity index (χ2n) is 9.43. The first-order chi connectivity index (χ1) is 14.5. The summed E-state index contributed by atoms with van der Waals surface area (Å²) in [6.45, 7) is 9.94. The van der Waals surface area contributed by atoms with E-state index in [0.29, 0.717) is 45.4 Å². The fourth-order valence-corrected chi connectivity index (χ4v) is 4.23. The highest BCUT2D eigenvalue weighted by atomic mass is 16.6. The van der Waals surface area contributed by atoms with Gasteiger partial charge in [-0.05, 0) is 59.8 Å². The maximum atomic E-state index is 13.8. The topological polar surface area (TPSA) is 106 Å². The Balaban J connectivity index is 2.31. The predicted octanol–water partition coefficient (Wildman–Crippen LogP) is 2.30. The zero-order chi connectivity index (χ0) is 23.3. The minimum atomic E-state index is -1.68. The van der Waals surface area contributed by atoms with E-state index < -0.39 is 28.8 Å². The molecule has 0 aromatic heterocycles. The highest BCUT2D eigenvalue weighted by Gasteiger charge is 2.50. The van der Waals surface area contributed by atoms with Crippen LogP contribution in [0.15, 0.2) is 0 Å². The maximum absolute atomic E-state index is 13.8. The maximum Gasteiger partial charge on any atom is 0.410 e. The lowest BCUT2D eigenvalue weighted by Gasteiger charge is -2.49. The van der Waals surface area contributed by atoms with Crippen molar-refractivity contribution in [3.8, 4) is 0 Å². The summed E-state index contributed by atoms with van der Waals surface area (Å²) in [6, 6.07) is 0. The molecule has 0 bridgehead atoms. The van der Waals surface area contributed by atoms with E-state index in [2.05, 4.69) is 0 Å². The van der Waals surface area contributed by atoms with Crippen molar-refractivity contribution in [2.24, 2.45) is 5.41 Å². The standard InChI is InChI=1S/C22H38N2O7/c1-6-21(10-13-29-14-11-21)18(26)24(15-17(25)30-7-2)22(28)9-8-12-23(16-22)19(27)31-20(3,4)5/h28H,6-16H2,1-5H3/t22-/m0/s1. The molecule has 1 atom stereocenters. The molecule has 2 heterocycles. The van der Waals surface area contributed by atoms with Gasteiger partial charge in [-0.3, -0.25) is 9.59 Å². The van der Waals surface area contributed by atoms with Crippen molar-refractivity contribution in [1.82, 2.24) is 9.80 Å². The number of hydrogen-bond acceptors (Lipinski definition) is 7. The summed E-state index contributed by atoms with van der Waals surface area (Å²) >= 11 is 0. The van der Waals surface area contributed by atoms with Crippen LogP contribution in [-0.4, -0.2) is 83.7 Å². The SMILES string of the molecule is CCOC(=O)CN(C(=O)C1(CC)CCOCC1)[C@]1(O)CCCN(C(=O)OC(C)(C)C)C1. The third-order valence-corrected chi connectivity index (χ3v) is 6.02. The van der Waals surface area contributed by atoms with Crippen molar-refractivity contribution in [2.75, 3.05) is 39.5 Å². The normalized spacial score (nSPS) is 23.7. The minimum absolute atomic E-state index is 0.122. The first-order valence-corrected chi connectivity index (χ1v) is 11.2. The number of likely N-dealkylation sites (tertiary alicyclic amines) is 1. The summed E-state index contributed by atoms with van der Waals surface area (Å²) in [5, 5.41) is 11.6. The average molecular weight is 443 g/mol. The molecule has 9 heteroatoms. The van der Waals surface area contributed by atoms with E-state index in [1.807, 2.05) is 6.92 Å². The molecule has 9 nitrogen and oxygen atoms in total. The largest absolute Gasteiger partial charge is 0.465 e. The summed E-state index contributed by atoms with van der Waals surface area (Å²) in [6.07, 6.45) is 1.80. The minimum Gasteiger partial charge on any atom is -0.465 e. The molecule has 0 aliphatic carbocycles. The van der Waals surface area contributed by atoms with Crippen LogP contribution < -0.4 is 0 Å². The lowest BCUT2D eigenvalue weighted by atomic mass is 9.76. The number of carbonyl (C=O) groups excluding carboxylic acids is 3. The van der Waals surface area contributed by atoms with Gasteiger partial charge in [-0.15, -0.1) is 0 Å². The van der Waals surface area contributed by atoms with E-state index in [-0.39, 0.29) is 32.0 Å². The molecule has 0 aromatic carbocycles. The van der Waals surface area contributed by atoms with Gasteiger partial charge in [0.15, 0.2) is 5.72 Å². The number of ether oxygens (including phenoxy) is 3. The number of piperidine rings is 1. The van der Waals surface area contributed by atoms with Gasteiger partial charge in [-0.2, -0.15) is 0 Å². The molecule has 2 amide bonds. The third kappa shape index (κ3) is 6.32. The molecular weight excluding hydrogens is 404 g/mol. The fraction of sp³-hybridized carbons (Fsp3) is 0.864. The number of nitrogens with zero attached hydrogens (tertiary/aromatic N) is 2. The van der Waals surface area contributed by atoms with Crippen molar-refractivity contribution in [3.63, 3.8) is 0 Å². The lowest BCUT2D eigenvalue weighted by Crippen LogP contribution is -2.65. The van der Waals surface area contributed by atoms with Crippen LogP contribution in [0.5, 0.6) is 0 Å². The second kappa shape index (κ2) is 10.2. The van der Waals surface area contributed by atoms with Crippen molar-refractivity contribution in [2.45, 2.75) is 78.0 Å². The molecule has 0 spiro atoms. The zero-order valence-corrected chi connectivity index (χ0v) is 19.6. The van der Waals surface area contributed by atoms with E-state index in [4.69, 9.17) is 14.2 Å². The molecule has 0 aromatic rings. The molecule has 0 saturated carbocycles. The first-order valence-electron chi connectivity index (χ1n) is 11.2. The summed E-state index contributed by atoms with van der Waals surface area (Å²) < 4.78 is 16.0. The summed E-state index contributed by atoms with van der Waals surface area (Å²) in [7, 11) is 0. The van der Waals surface area contributed by atoms with Crippen molar-refractivity contribution in [1.29, 1.82) is 0 Å². The zero-order valence-electron chi connectivity index (χ0n) is 19.6. The summed E-state index contributed by atoms with van der Waals surface area (Å²) in [4.78, 5) is 41.4. The molecule has 2 aliphatic rings. The van der Waals surface area contributed by atoms with Gasteiger partial charge in [-0.1, -0.05) is 6.92 Å². The van der Waals surface area contributed by atoms with Crippen LogP contribution in [0.2, 0.25) is 0 Å². The Morgan fingerprint density at radius 1 is 1.13 bits per heavy atom. The molecular formula is C22H38N2O7. The van der Waals surface area contributed by atoms with Gasteiger partial charge in [0.1, 0.15) is 12.1 Å². The van der Waals surface area contributed by atoms with Crippen LogP contribution >= 0.6 is 0 Å². The monoisotopic (exact) mass is 442 g/mol. The van der Waals surface area contributed by atoms with Crippen LogP contribution in [0, 0.1) is 5.41 Å². The Hall–Kier alpha value is -1.87. The number of rotatable bonds is 6. The molecule has 2 aliphatic heterocycles.